The molecule has 7 atom stereocenters. The van der Waals surface area contributed by atoms with E-state index in [1.807, 2.05) is 6.08 Å². The Balaban J connectivity index is 2.14. The fourth-order valence-electron chi connectivity index (χ4n) is 11.1. The number of ether oxygens (including phenoxy) is 2. The van der Waals surface area contributed by atoms with Crippen LogP contribution in [0.3, 0.4) is 0 Å². The van der Waals surface area contributed by atoms with Crippen molar-refractivity contribution >= 4 is 5.91 Å². The summed E-state index contributed by atoms with van der Waals surface area (Å²) in [4.78, 5) is 13.1. The molecule has 520 valence electrons. The third-order valence-electron chi connectivity index (χ3n) is 16.9. The second-order valence-corrected chi connectivity index (χ2v) is 25.3. The van der Waals surface area contributed by atoms with Gasteiger partial charge in [-0.25, -0.2) is 0 Å². The second-order valence-electron chi connectivity index (χ2n) is 25.3. The molecular weight excluding hydrogens is 1130 g/mol. The van der Waals surface area contributed by atoms with Crippen molar-refractivity contribution in [1.29, 1.82) is 0 Å². The maximum atomic E-state index is 13.1. The molecule has 6 N–H and O–H groups in total. The van der Waals surface area contributed by atoms with Crippen molar-refractivity contribution in [2.45, 2.75) is 352 Å². The van der Waals surface area contributed by atoms with Gasteiger partial charge in [0.05, 0.1) is 25.4 Å². The number of carbonyl (C=O) groups is 1. The highest BCUT2D eigenvalue weighted by Crippen LogP contribution is 2.23. The molecule has 1 fully saturated rings. The highest BCUT2D eigenvalue weighted by atomic mass is 16.7. The van der Waals surface area contributed by atoms with Gasteiger partial charge in [-0.15, -0.1) is 0 Å². The van der Waals surface area contributed by atoms with Crippen molar-refractivity contribution in [2.75, 3.05) is 13.2 Å². The number of unbranched alkanes of at least 4 members (excludes halogenated alkanes) is 32. The van der Waals surface area contributed by atoms with Gasteiger partial charge in [0.25, 0.3) is 0 Å². The van der Waals surface area contributed by atoms with Crippen LogP contribution in [-0.4, -0.2) is 87.5 Å². The molecule has 1 aliphatic rings. The Bertz CT molecular complexity index is 1950. The first kappa shape index (κ1) is 85.1. The summed E-state index contributed by atoms with van der Waals surface area (Å²) in [5.41, 5.74) is 0. The Morgan fingerprint density at radius 1 is 0.385 bits per heavy atom. The number of hydrogen-bond donors (Lipinski definition) is 6. The normalized spacial score (nSPS) is 18.6. The number of carbonyl (C=O) groups excluding carboxylic acids is 1. The van der Waals surface area contributed by atoms with Crippen LogP contribution < -0.4 is 5.32 Å². The van der Waals surface area contributed by atoms with Gasteiger partial charge in [-0.2, -0.15) is 0 Å². The molecular formula is C82H139NO8. The summed E-state index contributed by atoms with van der Waals surface area (Å²) in [5.74, 6) is -0.195. The summed E-state index contributed by atoms with van der Waals surface area (Å²) in [7, 11) is 0. The SMILES string of the molecule is CC/C=C\C/C=C\C/C=C\C/C=C\C/C=C\C/C=C\C/C=C\C/C=C\C/C=C\CCCCCCCCCCCCCCCC(=O)NC(COC1OC(CO)C(O)C(O)C1O)C(O)/C=C/CC/C=C/CC/C=C/CCCCCCCCCCCCCCCCCCC. The van der Waals surface area contributed by atoms with E-state index in [1.165, 1.54) is 186 Å². The first-order valence-electron chi connectivity index (χ1n) is 37.6. The van der Waals surface area contributed by atoms with Crippen molar-refractivity contribution in [2.24, 2.45) is 0 Å². The van der Waals surface area contributed by atoms with Gasteiger partial charge in [-0.3, -0.25) is 4.79 Å². The monoisotopic (exact) mass is 1270 g/mol. The van der Waals surface area contributed by atoms with Gasteiger partial charge in [-0.05, 0) is 116 Å². The molecule has 1 saturated heterocycles. The first-order valence-corrected chi connectivity index (χ1v) is 37.6. The first-order chi connectivity index (χ1) is 44.8. The highest BCUT2D eigenvalue weighted by Gasteiger charge is 2.44. The Labute approximate surface area is 559 Å². The van der Waals surface area contributed by atoms with E-state index in [4.69, 9.17) is 9.47 Å². The molecule has 9 nitrogen and oxygen atoms in total. The summed E-state index contributed by atoms with van der Waals surface area (Å²) < 4.78 is 11.3. The minimum Gasteiger partial charge on any atom is -0.394 e. The molecule has 0 aliphatic carbocycles. The van der Waals surface area contributed by atoms with E-state index in [0.29, 0.717) is 6.42 Å². The molecule has 7 unspecified atom stereocenters. The molecule has 91 heavy (non-hydrogen) atoms. The Morgan fingerprint density at radius 3 is 1.05 bits per heavy atom. The van der Waals surface area contributed by atoms with Crippen LogP contribution >= 0.6 is 0 Å². The number of amides is 1. The van der Waals surface area contributed by atoms with E-state index >= 15 is 0 Å². The zero-order valence-corrected chi connectivity index (χ0v) is 58.3. The van der Waals surface area contributed by atoms with Gasteiger partial charge in [0.15, 0.2) is 6.29 Å². The standard InChI is InChI=1S/C82H139NO8/c1-3-5-7-9-11-13-15-17-19-21-23-25-27-29-31-32-33-34-35-36-37-38-39-40-41-42-43-44-46-48-50-52-54-56-58-60-62-64-66-68-70-72-78(86)83-75(74-90-82-81(89)80(88)79(87)77(73-84)91-82)76(85)71-69-67-65-63-61-59-57-55-53-51-49-47-45-30-28-26-24-22-20-18-16-14-12-10-8-6-4-2/h5,7,11,13,17,19,23,25,29,31,33-34,36-37,39-40,42-43,53,55,61,63,69,71,75-77,79-82,84-85,87-89H,3-4,6,8-10,12,14-16,18,20-22,24,26-28,30,32,35,38,41,44-52,54,56-60,62,64-68,70,72-74H2,1-2H3,(H,83,86)/b7-5-,13-11-,19-17-,25-23-,31-29-,34-33-,37-36-,40-39-,43-42-,55-53+,63-61+,71-69+. The maximum Gasteiger partial charge on any atom is 0.220 e. The second kappa shape index (κ2) is 68.9. The zero-order valence-electron chi connectivity index (χ0n) is 58.3. The Kier molecular flexibility index (Phi) is 64.4. The van der Waals surface area contributed by atoms with Crippen LogP contribution in [0.2, 0.25) is 0 Å². The van der Waals surface area contributed by atoms with Crippen LogP contribution in [0.15, 0.2) is 146 Å². The third kappa shape index (κ3) is 57.3. The lowest BCUT2D eigenvalue weighted by Gasteiger charge is -2.40. The molecule has 0 aromatic heterocycles. The number of allylic oxidation sites excluding steroid dienone is 23. The molecule has 0 radical (unpaired) electrons. The predicted octanol–water partition coefficient (Wildman–Crippen LogP) is 21.3. The molecule has 1 amide bonds. The summed E-state index contributed by atoms with van der Waals surface area (Å²) >= 11 is 0. The average molecular weight is 1270 g/mol. The van der Waals surface area contributed by atoms with E-state index in [1.54, 1.807) is 6.08 Å². The molecule has 1 aliphatic heterocycles. The molecule has 1 rings (SSSR count). The van der Waals surface area contributed by atoms with Crippen molar-refractivity contribution in [3.63, 3.8) is 0 Å². The quantitative estimate of drug-likeness (QED) is 0.0261. The summed E-state index contributed by atoms with van der Waals surface area (Å²) in [5, 5.41) is 54.8. The van der Waals surface area contributed by atoms with E-state index < -0.39 is 49.5 Å². The average Bonchev–Trinajstić information content (AvgIpc) is 1.58. The molecule has 0 aromatic carbocycles. The van der Waals surface area contributed by atoms with Gasteiger partial charge in [0, 0.05) is 6.42 Å². The smallest absolute Gasteiger partial charge is 0.220 e. The highest BCUT2D eigenvalue weighted by molar-refractivity contribution is 5.76. The zero-order chi connectivity index (χ0) is 65.7. The van der Waals surface area contributed by atoms with Gasteiger partial charge >= 0.3 is 0 Å². The van der Waals surface area contributed by atoms with E-state index in [9.17, 15) is 30.3 Å². The maximum absolute atomic E-state index is 13.1. The minimum atomic E-state index is -1.58. The number of rotatable bonds is 64. The summed E-state index contributed by atoms with van der Waals surface area (Å²) in [6, 6.07) is -0.840. The van der Waals surface area contributed by atoms with Gasteiger partial charge in [0.2, 0.25) is 5.91 Å². The van der Waals surface area contributed by atoms with Gasteiger partial charge in [0.1, 0.15) is 24.4 Å². The number of aliphatic hydroxyl groups is 5. The van der Waals surface area contributed by atoms with Crippen LogP contribution in [0, 0.1) is 0 Å². The Hall–Kier alpha value is -3.93. The number of aliphatic hydroxyl groups excluding tert-OH is 5. The predicted molar refractivity (Wildman–Crippen MR) is 391 cm³/mol. The van der Waals surface area contributed by atoms with E-state index in [0.717, 1.165) is 103 Å². The topological polar surface area (TPSA) is 149 Å². The summed E-state index contributed by atoms with van der Waals surface area (Å²) in [6.07, 6.45) is 99.6. The lowest BCUT2D eigenvalue weighted by atomic mass is 9.99. The molecule has 0 bridgehead atoms. The van der Waals surface area contributed by atoms with Crippen molar-refractivity contribution in [1.82, 2.24) is 5.32 Å². The fourth-order valence-corrected chi connectivity index (χ4v) is 11.1. The third-order valence-corrected chi connectivity index (χ3v) is 16.9. The lowest BCUT2D eigenvalue weighted by Crippen LogP contribution is -2.60. The van der Waals surface area contributed by atoms with Crippen molar-refractivity contribution in [3.05, 3.63) is 146 Å². The van der Waals surface area contributed by atoms with Crippen molar-refractivity contribution < 1.29 is 39.8 Å². The molecule has 9 heteroatoms. The molecule has 0 spiro atoms. The van der Waals surface area contributed by atoms with Crippen LogP contribution in [0.5, 0.6) is 0 Å². The van der Waals surface area contributed by atoms with Crippen LogP contribution in [0.4, 0.5) is 0 Å². The minimum absolute atomic E-state index is 0.195. The van der Waals surface area contributed by atoms with E-state index in [-0.39, 0.29) is 12.5 Å². The van der Waals surface area contributed by atoms with Gasteiger partial charge in [-0.1, -0.05) is 333 Å². The lowest BCUT2D eigenvalue weighted by molar-refractivity contribution is -0.302. The number of nitrogens with one attached hydrogen (secondary N) is 1. The summed E-state index contributed by atoms with van der Waals surface area (Å²) in [6.45, 7) is 3.66. The molecule has 1 heterocycles. The Morgan fingerprint density at radius 2 is 0.692 bits per heavy atom. The van der Waals surface area contributed by atoms with Crippen LogP contribution in [0.25, 0.3) is 0 Å². The molecule has 0 aromatic rings. The largest absolute Gasteiger partial charge is 0.394 e. The van der Waals surface area contributed by atoms with Crippen LogP contribution in [0.1, 0.15) is 309 Å². The van der Waals surface area contributed by atoms with Crippen LogP contribution in [-0.2, 0) is 14.3 Å². The fraction of sp³-hybridized carbons (Fsp3) is 0.695. The van der Waals surface area contributed by atoms with Crippen molar-refractivity contribution in [3.8, 4) is 0 Å². The number of hydrogen-bond acceptors (Lipinski definition) is 8. The van der Waals surface area contributed by atoms with E-state index in [2.05, 4.69) is 153 Å². The molecule has 0 saturated carbocycles. The van der Waals surface area contributed by atoms with Gasteiger partial charge < -0.3 is 40.3 Å².